The monoisotopic (exact) mass is 290 g/mol. The Hall–Kier alpha value is -1.39. The molecule has 2 unspecified atom stereocenters. The Morgan fingerprint density at radius 2 is 2.24 bits per heavy atom. The van der Waals surface area contributed by atoms with Crippen molar-refractivity contribution in [3.8, 4) is 0 Å². The third-order valence-electron chi connectivity index (χ3n) is 4.33. The maximum atomic E-state index is 12.1. The molecule has 21 heavy (non-hydrogen) atoms. The number of carbonyl (C=O) groups excluding carboxylic acids is 1. The number of likely N-dealkylation sites (tertiary alicyclic amines) is 1. The van der Waals surface area contributed by atoms with Crippen LogP contribution < -0.4 is 5.32 Å². The number of piperidine rings is 1. The number of aliphatic hydroxyl groups is 1. The highest BCUT2D eigenvalue weighted by Gasteiger charge is 2.24. The van der Waals surface area contributed by atoms with Crippen LogP contribution in [0.4, 0.5) is 0 Å². The quantitative estimate of drug-likeness (QED) is 0.868. The number of carbonyl (C=O) groups is 1. The smallest absolute Gasteiger partial charge is 0.234 e. The molecule has 0 bridgehead atoms. The first-order chi connectivity index (χ1) is 10.1. The summed E-state index contributed by atoms with van der Waals surface area (Å²) in [5.41, 5.74) is 2.36. The highest BCUT2D eigenvalue weighted by atomic mass is 16.3. The van der Waals surface area contributed by atoms with E-state index >= 15 is 0 Å². The minimum absolute atomic E-state index is 0.0597. The van der Waals surface area contributed by atoms with Crippen molar-refractivity contribution in [2.24, 2.45) is 5.92 Å². The molecule has 2 N–H and O–H groups in total. The van der Waals surface area contributed by atoms with Gasteiger partial charge in [-0.1, -0.05) is 24.3 Å². The summed E-state index contributed by atoms with van der Waals surface area (Å²) in [5.74, 6) is 0.354. The summed E-state index contributed by atoms with van der Waals surface area (Å²) in [6.45, 7) is 6.66. The first-order valence-corrected chi connectivity index (χ1v) is 7.78. The second kappa shape index (κ2) is 7.57. The second-order valence-electron chi connectivity index (χ2n) is 6.08. The van der Waals surface area contributed by atoms with E-state index in [1.165, 1.54) is 5.56 Å². The summed E-state index contributed by atoms with van der Waals surface area (Å²) in [5, 5.41) is 12.7. The molecule has 0 aliphatic carbocycles. The largest absolute Gasteiger partial charge is 0.393 e. The molecule has 0 spiro atoms. The van der Waals surface area contributed by atoms with Crippen molar-refractivity contribution in [2.45, 2.75) is 39.3 Å². The molecule has 2 atom stereocenters. The van der Waals surface area contributed by atoms with Gasteiger partial charge in [0.1, 0.15) is 0 Å². The Balaban J connectivity index is 1.78. The van der Waals surface area contributed by atoms with E-state index in [-0.39, 0.29) is 12.0 Å². The number of benzene rings is 1. The maximum absolute atomic E-state index is 12.1. The number of amides is 1. The molecule has 1 heterocycles. The van der Waals surface area contributed by atoms with Gasteiger partial charge < -0.3 is 10.4 Å². The van der Waals surface area contributed by atoms with Gasteiger partial charge in [-0.2, -0.15) is 0 Å². The van der Waals surface area contributed by atoms with E-state index in [4.69, 9.17) is 0 Å². The minimum Gasteiger partial charge on any atom is -0.393 e. The standard InChI is InChI=1S/C17H26N2O2/c1-13-6-3-4-7-15(13)10-18-17(21)12-19-9-5-8-16(11-19)14(2)20/h3-4,6-7,14,16,20H,5,8-12H2,1-2H3,(H,18,21). The highest BCUT2D eigenvalue weighted by Crippen LogP contribution is 2.19. The summed E-state index contributed by atoms with van der Waals surface area (Å²) < 4.78 is 0. The number of rotatable bonds is 5. The van der Waals surface area contributed by atoms with Crippen LogP contribution in [0.3, 0.4) is 0 Å². The van der Waals surface area contributed by atoms with E-state index in [9.17, 15) is 9.90 Å². The lowest BCUT2D eigenvalue weighted by Crippen LogP contribution is -2.44. The van der Waals surface area contributed by atoms with E-state index in [2.05, 4.69) is 23.2 Å². The third kappa shape index (κ3) is 4.83. The molecule has 116 valence electrons. The average Bonchev–Trinajstić information content (AvgIpc) is 2.46. The predicted molar refractivity (Wildman–Crippen MR) is 83.9 cm³/mol. The topological polar surface area (TPSA) is 52.6 Å². The first-order valence-electron chi connectivity index (χ1n) is 7.78. The van der Waals surface area contributed by atoms with Gasteiger partial charge in [-0.05, 0) is 50.3 Å². The summed E-state index contributed by atoms with van der Waals surface area (Å²) >= 11 is 0. The Kier molecular flexibility index (Phi) is 5.76. The van der Waals surface area contributed by atoms with Crippen LogP contribution in [0.2, 0.25) is 0 Å². The number of aliphatic hydroxyl groups excluding tert-OH is 1. The van der Waals surface area contributed by atoms with Crippen molar-refractivity contribution in [2.75, 3.05) is 19.6 Å². The molecule has 1 fully saturated rings. The van der Waals surface area contributed by atoms with Crippen LogP contribution in [0, 0.1) is 12.8 Å². The fourth-order valence-corrected chi connectivity index (χ4v) is 2.89. The van der Waals surface area contributed by atoms with Gasteiger partial charge >= 0.3 is 0 Å². The van der Waals surface area contributed by atoms with Crippen LogP contribution >= 0.6 is 0 Å². The fourth-order valence-electron chi connectivity index (χ4n) is 2.89. The minimum atomic E-state index is -0.289. The molecule has 0 radical (unpaired) electrons. The van der Waals surface area contributed by atoms with E-state index < -0.39 is 0 Å². The molecule has 2 rings (SSSR count). The molecule has 4 nitrogen and oxygen atoms in total. The molecule has 4 heteroatoms. The average molecular weight is 290 g/mol. The molecule has 1 saturated heterocycles. The van der Waals surface area contributed by atoms with Gasteiger partial charge in [0.05, 0.1) is 12.6 Å². The van der Waals surface area contributed by atoms with Gasteiger partial charge in [0.25, 0.3) is 0 Å². The van der Waals surface area contributed by atoms with Crippen molar-refractivity contribution in [1.82, 2.24) is 10.2 Å². The van der Waals surface area contributed by atoms with E-state index in [0.717, 1.165) is 31.5 Å². The summed E-state index contributed by atoms with van der Waals surface area (Å²) in [4.78, 5) is 14.2. The zero-order chi connectivity index (χ0) is 15.2. The Morgan fingerprint density at radius 3 is 2.95 bits per heavy atom. The Labute approximate surface area is 127 Å². The number of aryl methyl sites for hydroxylation is 1. The van der Waals surface area contributed by atoms with E-state index in [0.29, 0.717) is 19.0 Å². The van der Waals surface area contributed by atoms with Gasteiger partial charge in [0.15, 0.2) is 0 Å². The van der Waals surface area contributed by atoms with Gasteiger partial charge in [0.2, 0.25) is 5.91 Å². The molecule has 1 aromatic carbocycles. The van der Waals surface area contributed by atoms with E-state index in [1.54, 1.807) is 0 Å². The predicted octanol–water partition coefficient (Wildman–Crippen LogP) is 1.70. The molecule has 1 aliphatic rings. The summed E-state index contributed by atoms with van der Waals surface area (Å²) in [6.07, 6.45) is 1.82. The van der Waals surface area contributed by atoms with Crippen molar-refractivity contribution in [3.63, 3.8) is 0 Å². The fraction of sp³-hybridized carbons (Fsp3) is 0.588. The molecule has 0 aromatic heterocycles. The second-order valence-corrected chi connectivity index (χ2v) is 6.08. The number of nitrogens with zero attached hydrogens (tertiary/aromatic N) is 1. The van der Waals surface area contributed by atoms with Crippen molar-refractivity contribution in [1.29, 1.82) is 0 Å². The summed E-state index contributed by atoms with van der Waals surface area (Å²) in [7, 11) is 0. The third-order valence-corrected chi connectivity index (χ3v) is 4.33. The van der Waals surface area contributed by atoms with Crippen LogP contribution in [-0.4, -0.2) is 41.7 Å². The number of hydrogen-bond acceptors (Lipinski definition) is 3. The normalized spacial score (nSPS) is 21.0. The lowest BCUT2D eigenvalue weighted by atomic mass is 9.93. The van der Waals surface area contributed by atoms with Crippen molar-refractivity contribution >= 4 is 5.91 Å². The Bertz CT molecular complexity index is 474. The van der Waals surface area contributed by atoms with Gasteiger partial charge in [0, 0.05) is 13.1 Å². The number of nitrogens with one attached hydrogen (secondary N) is 1. The van der Waals surface area contributed by atoms with Crippen LogP contribution in [0.15, 0.2) is 24.3 Å². The zero-order valence-corrected chi connectivity index (χ0v) is 13.0. The van der Waals surface area contributed by atoms with Crippen LogP contribution in [-0.2, 0) is 11.3 Å². The zero-order valence-electron chi connectivity index (χ0n) is 13.0. The van der Waals surface area contributed by atoms with Gasteiger partial charge in [-0.3, -0.25) is 9.69 Å². The van der Waals surface area contributed by atoms with Crippen molar-refractivity contribution < 1.29 is 9.90 Å². The van der Waals surface area contributed by atoms with Gasteiger partial charge in [-0.25, -0.2) is 0 Å². The van der Waals surface area contributed by atoms with Crippen molar-refractivity contribution in [3.05, 3.63) is 35.4 Å². The molecule has 1 aliphatic heterocycles. The molecule has 0 saturated carbocycles. The van der Waals surface area contributed by atoms with Crippen LogP contribution in [0.5, 0.6) is 0 Å². The highest BCUT2D eigenvalue weighted by molar-refractivity contribution is 5.78. The Morgan fingerprint density at radius 1 is 1.48 bits per heavy atom. The SMILES string of the molecule is Cc1ccccc1CNC(=O)CN1CCCC(C(C)O)C1. The van der Waals surface area contributed by atoms with Gasteiger partial charge in [-0.15, -0.1) is 0 Å². The van der Waals surface area contributed by atoms with Crippen LogP contribution in [0.25, 0.3) is 0 Å². The molecule has 1 amide bonds. The maximum Gasteiger partial charge on any atom is 0.234 e. The molecule has 1 aromatic rings. The lowest BCUT2D eigenvalue weighted by Gasteiger charge is -2.33. The summed E-state index contributed by atoms with van der Waals surface area (Å²) in [6, 6.07) is 8.09. The van der Waals surface area contributed by atoms with Crippen LogP contribution in [0.1, 0.15) is 30.9 Å². The van der Waals surface area contributed by atoms with E-state index in [1.807, 2.05) is 25.1 Å². The molecular formula is C17H26N2O2. The first kappa shape index (κ1) is 16.0. The lowest BCUT2D eigenvalue weighted by molar-refractivity contribution is -0.123. The number of hydrogen-bond donors (Lipinski definition) is 2. The molecular weight excluding hydrogens is 264 g/mol.